The summed E-state index contributed by atoms with van der Waals surface area (Å²) in [5, 5.41) is 5.76. The van der Waals surface area contributed by atoms with Crippen LogP contribution in [0.15, 0.2) is 23.3 Å². The lowest BCUT2D eigenvalue weighted by Crippen LogP contribution is -2.21. The smallest absolute Gasteiger partial charge is 0.266 e. The van der Waals surface area contributed by atoms with E-state index in [1.165, 1.54) is 17.8 Å². The van der Waals surface area contributed by atoms with E-state index in [4.69, 9.17) is 11.6 Å². The molecule has 0 radical (unpaired) electrons. The molecule has 1 heterocycles. The number of carbonyl (C=O) groups excluding carboxylic acids is 1. The number of hydrazone groups is 1. The molecule has 1 aromatic carbocycles. The first-order valence-corrected chi connectivity index (χ1v) is 8.78. The summed E-state index contributed by atoms with van der Waals surface area (Å²) < 4.78 is 1.04. The van der Waals surface area contributed by atoms with E-state index in [1.54, 1.807) is 0 Å². The van der Waals surface area contributed by atoms with Gasteiger partial charge in [-0.3, -0.25) is 4.79 Å². The topological polar surface area (TPSA) is 41.5 Å². The number of carbonyl (C=O) groups is 1. The van der Waals surface area contributed by atoms with Gasteiger partial charge in [-0.1, -0.05) is 30.7 Å². The number of fused-ring (bicyclic) bond motifs is 1. The molecule has 22 heavy (non-hydrogen) atoms. The van der Waals surface area contributed by atoms with E-state index in [-0.39, 0.29) is 5.91 Å². The molecule has 0 bridgehead atoms. The average molecular weight is 335 g/mol. The summed E-state index contributed by atoms with van der Waals surface area (Å²) in [6.45, 7) is 4.25. The summed E-state index contributed by atoms with van der Waals surface area (Å²) in [6, 6.07) is 6.03. The van der Waals surface area contributed by atoms with Crippen molar-refractivity contribution >= 4 is 44.6 Å². The Hall–Kier alpha value is -1.39. The van der Waals surface area contributed by atoms with Gasteiger partial charge in [0.15, 0.2) is 0 Å². The minimum Gasteiger partial charge on any atom is -0.266 e. The van der Waals surface area contributed by atoms with E-state index in [2.05, 4.69) is 23.5 Å². The molecule has 1 N–H and O–H groups in total. The third-order valence-corrected chi connectivity index (χ3v) is 5.71. The SMILES string of the molecule is Cc1ccc2c(Cl)c(C(=O)N/N=C3\CCCC(C)C3)sc2c1. The highest BCUT2D eigenvalue weighted by Crippen LogP contribution is 2.35. The van der Waals surface area contributed by atoms with E-state index in [1.807, 2.05) is 19.1 Å². The first kappa shape index (κ1) is 15.5. The summed E-state index contributed by atoms with van der Waals surface area (Å²) in [6.07, 6.45) is 4.34. The van der Waals surface area contributed by atoms with Crippen LogP contribution in [0.25, 0.3) is 10.1 Å². The second kappa shape index (κ2) is 6.39. The third kappa shape index (κ3) is 3.18. The van der Waals surface area contributed by atoms with Gasteiger partial charge in [0.2, 0.25) is 0 Å². The van der Waals surface area contributed by atoms with Gasteiger partial charge in [0.25, 0.3) is 5.91 Å². The highest BCUT2D eigenvalue weighted by atomic mass is 35.5. The number of thiophene rings is 1. The van der Waals surface area contributed by atoms with Gasteiger partial charge in [0.05, 0.1) is 5.02 Å². The van der Waals surface area contributed by atoms with E-state index in [0.29, 0.717) is 15.8 Å². The Morgan fingerprint density at radius 2 is 2.27 bits per heavy atom. The third-order valence-electron chi connectivity index (χ3n) is 4.05. The van der Waals surface area contributed by atoms with Crippen LogP contribution < -0.4 is 5.43 Å². The standard InChI is InChI=1S/C17H19ClN2OS/c1-10-4-3-5-12(8-10)19-20-17(21)16-15(18)13-7-6-11(2)9-14(13)22-16/h6-7,9-10H,3-5,8H2,1-2H3,(H,20,21)/b19-12+. The first-order chi connectivity index (χ1) is 10.5. The summed E-state index contributed by atoms with van der Waals surface area (Å²) in [5.74, 6) is 0.440. The van der Waals surface area contributed by atoms with Crippen molar-refractivity contribution in [3.8, 4) is 0 Å². The van der Waals surface area contributed by atoms with Gasteiger partial charge < -0.3 is 0 Å². The van der Waals surface area contributed by atoms with Crippen molar-refractivity contribution in [2.75, 3.05) is 0 Å². The van der Waals surface area contributed by atoms with E-state index in [0.717, 1.165) is 40.6 Å². The molecule has 116 valence electrons. The van der Waals surface area contributed by atoms with Crippen LogP contribution in [0.3, 0.4) is 0 Å². The lowest BCUT2D eigenvalue weighted by atomic mass is 9.89. The van der Waals surface area contributed by atoms with Gasteiger partial charge >= 0.3 is 0 Å². The zero-order valence-corrected chi connectivity index (χ0v) is 14.4. The minimum absolute atomic E-state index is 0.213. The molecule has 1 unspecified atom stereocenters. The number of nitrogens with zero attached hydrogens (tertiary/aromatic N) is 1. The van der Waals surface area contributed by atoms with Gasteiger partial charge in [-0.2, -0.15) is 5.10 Å². The predicted molar refractivity (Wildman–Crippen MR) is 94.1 cm³/mol. The Labute approximate surface area is 139 Å². The summed E-state index contributed by atoms with van der Waals surface area (Å²) in [5.41, 5.74) is 4.93. The number of nitrogens with one attached hydrogen (secondary N) is 1. The van der Waals surface area contributed by atoms with Crippen molar-refractivity contribution in [1.29, 1.82) is 0 Å². The normalized spacial score (nSPS) is 20.5. The Morgan fingerprint density at radius 3 is 3.05 bits per heavy atom. The molecule has 0 saturated heterocycles. The Kier molecular flexibility index (Phi) is 4.50. The molecule has 0 spiro atoms. The number of halogens is 1. The number of benzene rings is 1. The molecular weight excluding hydrogens is 316 g/mol. The monoisotopic (exact) mass is 334 g/mol. The molecule has 0 aliphatic heterocycles. The molecule has 1 atom stereocenters. The number of hydrogen-bond donors (Lipinski definition) is 1. The zero-order chi connectivity index (χ0) is 15.7. The van der Waals surface area contributed by atoms with Gasteiger partial charge in [0.1, 0.15) is 4.88 Å². The van der Waals surface area contributed by atoms with Crippen molar-refractivity contribution in [2.24, 2.45) is 11.0 Å². The Balaban J connectivity index is 1.80. The van der Waals surface area contributed by atoms with E-state index < -0.39 is 0 Å². The van der Waals surface area contributed by atoms with Gasteiger partial charge in [-0.15, -0.1) is 11.3 Å². The molecule has 1 aliphatic carbocycles. The molecule has 5 heteroatoms. The molecule has 1 saturated carbocycles. The van der Waals surface area contributed by atoms with Crippen LogP contribution in [0, 0.1) is 12.8 Å². The van der Waals surface area contributed by atoms with Crippen molar-refractivity contribution < 1.29 is 4.79 Å². The summed E-state index contributed by atoms with van der Waals surface area (Å²) >= 11 is 7.77. The lowest BCUT2D eigenvalue weighted by molar-refractivity contribution is 0.0958. The zero-order valence-electron chi connectivity index (χ0n) is 12.8. The van der Waals surface area contributed by atoms with Crippen LogP contribution in [0.1, 0.15) is 47.8 Å². The second-order valence-corrected chi connectivity index (χ2v) is 7.50. The molecule has 1 fully saturated rings. The fourth-order valence-electron chi connectivity index (χ4n) is 2.86. The van der Waals surface area contributed by atoms with E-state index in [9.17, 15) is 4.79 Å². The Morgan fingerprint density at radius 1 is 1.45 bits per heavy atom. The van der Waals surface area contributed by atoms with Crippen LogP contribution in [0.5, 0.6) is 0 Å². The van der Waals surface area contributed by atoms with Crippen molar-refractivity contribution in [1.82, 2.24) is 5.43 Å². The lowest BCUT2D eigenvalue weighted by Gasteiger charge is -2.18. The van der Waals surface area contributed by atoms with Crippen molar-refractivity contribution in [2.45, 2.75) is 39.5 Å². The molecule has 3 nitrogen and oxygen atoms in total. The maximum absolute atomic E-state index is 12.4. The highest BCUT2D eigenvalue weighted by Gasteiger charge is 2.18. The number of amides is 1. The summed E-state index contributed by atoms with van der Waals surface area (Å²) in [4.78, 5) is 12.9. The van der Waals surface area contributed by atoms with Crippen LogP contribution in [0.4, 0.5) is 0 Å². The minimum atomic E-state index is -0.213. The Bertz CT molecular complexity index is 750. The van der Waals surface area contributed by atoms with Gasteiger partial charge in [-0.05, 0) is 50.2 Å². The van der Waals surface area contributed by atoms with Crippen LogP contribution in [-0.4, -0.2) is 11.6 Å². The quantitative estimate of drug-likeness (QED) is 0.757. The van der Waals surface area contributed by atoms with Gasteiger partial charge in [0, 0.05) is 15.8 Å². The first-order valence-electron chi connectivity index (χ1n) is 7.59. The molecular formula is C17H19ClN2OS. The predicted octanol–water partition coefficient (Wildman–Crippen LogP) is 5.16. The fourth-order valence-corrected chi connectivity index (χ4v) is 4.37. The second-order valence-electron chi connectivity index (χ2n) is 6.07. The average Bonchev–Trinajstić information content (AvgIpc) is 2.81. The fraction of sp³-hybridized carbons (Fsp3) is 0.412. The molecule has 1 amide bonds. The van der Waals surface area contributed by atoms with Crippen molar-refractivity contribution in [3.63, 3.8) is 0 Å². The van der Waals surface area contributed by atoms with Crippen LogP contribution in [0.2, 0.25) is 5.02 Å². The van der Waals surface area contributed by atoms with E-state index >= 15 is 0 Å². The number of aryl methyl sites for hydroxylation is 1. The molecule has 1 aromatic heterocycles. The van der Waals surface area contributed by atoms with Crippen LogP contribution >= 0.6 is 22.9 Å². The van der Waals surface area contributed by atoms with Gasteiger partial charge in [-0.25, -0.2) is 5.43 Å². The molecule has 3 rings (SSSR count). The molecule has 1 aliphatic rings. The molecule has 2 aromatic rings. The maximum atomic E-state index is 12.4. The van der Waals surface area contributed by atoms with Crippen molar-refractivity contribution in [3.05, 3.63) is 33.7 Å². The largest absolute Gasteiger partial charge is 0.283 e. The number of hydrogen-bond acceptors (Lipinski definition) is 3. The summed E-state index contributed by atoms with van der Waals surface area (Å²) in [7, 11) is 0. The maximum Gasteiger partial charge on any atom is 0.283 e. The highest BCUT2D eigenvalue weighted by molar-refractivity contribution is 7.21. The van der Waals surface area contributed by atoms with Crippen LogP contribution in [-0.2, 0) is 0 Å². The number of rotatable bonds is 2.